The van der Waals surface area contributed by atoms with E-state index in [-0.39, 0.29) is 5.41 Å². The summed E-state index contributed by atoms with van der Waals surface area (Å²) in [6, 6.07) is 31.8. The van der Waals surface area contributed by atoms with Gasteiger partial charge in [-0.3, -0.25) is 0 Å². The third-order valence-corrected chi connectivity index (χ3v) is 9.03. The molecular formula is C39H40. The highest BCUT2D eigenvalue weighted by Gasteiger charge is 2.40. The van der Waals surface area contributed by atoms with Gasteiger partial charge >= 0.3 is 0 Å². The van der Waals surface area contributed by atoms with Crippen molar-refractivity contribution in [1.29, 1.82) is 0 Å². The first-order valence-corrected chi connectivity index (χ1v) is 14.8. The van der Waals surface area contributed by atoms with Crippen LogP contribution in [0, 0.1) is 19.3 Å². The van der Waals surface area contributed by atoms with Crippen LogP contribution in [0.2, 0.25) is 0 Å². The summed E-state index contributed by atoms with van der Waals surface area (Å²) in [5.74, 6) is 0. The van der Waals surface area contributed by atoms with Crippen LogP contribution in [0.3, 0.4) is 0 Å². The van der Waals surface area contributed by atoms with Crippen LogP contribution in [0.25, 0.3) is 34.4 Å². The van der Waals surface area contributed by atoms with Gasteiger partial charge in [0.2, 0.25) is 0 Å². The second kappa shape index (κ2) is 10.5. The van der Waals surface area contributed by atoms with Crippen LogP contribution in [0.1, 0.15) is 72.9 Å². The molecule has 0 atom stereocenters. The highest BCUT2D eigenvalue weighted by molar-refractivity contribution is 5.84. The molecule has 196 valence electrons. The molecule has 0 amide bonds. The van der Waals surface area contributed by atoms with Crippen LogP contribution < -0.4 is 0 Å². The molecular weight excluding hydrogens is 468 g/mol. The van der Waals surface area contributed by atoms with Gasteiger partial charge in [-0.2, -0.15) is 0 Å². The van der Waals surface area contributed by atoms with Gasteiger partial charge in [-0.15, -0.1) is 0 Å². The summed E-state index contributed by atoms with van der Waals surface area (Å²) in [4.78, 5) is 0. The zero-order valence-electron chi connectivity index (χ0n) is 24.0. The van der Waals surface area contributed by atoms with Crippen molar-refractivity contribution >= 4 is 12.2 Å². The Labute approximate surface area is 235 Å². The average Bonchev–Trinajstić information content (AvgIpc) is 3.58. The molecule has 0 bridgehead atoms. The maximum absolute atomic E-state index is 2.59. The Morgan fingerprint density at radius 2 is 1.00 bits per heavy atom. The summed E-state index contributed by atoms with van der Waals surface area (Å²) in [6.45, 7) is 9.12. The summed E-state index contributed by atoms with van der Waals surface area (Å²) in [5.41, 5.74) is 17.2. The van der Waals surface area contributed by atoms with Crippen LogP contribution in [-0.4, -0.2) is 0 Å². The molecule has 0 saturated carbocycles. The summed E-state index contributed by atoms with van der Waals surface area (Å²) in [6.07, 6.45) is 12.1. The third-order valence-electron chi connectivity index (χ3n) is 9.03. The highest BCUT2D eigenvalue weighted by Crippen LogP contribution is 2.53. The lowest BCUT2D eigenvalue weighted by Crippen LogP contribution is -2.26. The molecule has 39 heavy (non-hydrogen) atoms. The summed E-state index contributed by atoms with van der Waals surface area (Å²) < 4.78 is 0. The van der Waals surface area contributed by atoms with E-state index in [1.807, 2.05) is 0 Å². The second-order valence-corrected chi connectivity index (χ2v) is 11.8. The van der Waals surface area contributed by atoms with Gasteiger partial charge in [0.25, 0.3) is 0 Å². The molecule has 0 N–H and O–H groups in total. The molecule has 0 aromatic heterocycles. The van der Waals surface area contributed by atoms with Gasteiger partial charge in [-0.25, -0.2) is 0 Å². The first-order valence-electron chi connectivity index (χ1n) is 14.8. The lowest BCUT2D eigenvalue weighted by Gasteiger charge is -2.37. The van der Waals surface area contributed by atoms with Crippen LogP contribution in [0.4, 0.5) is 0 Å². The molecule has 0 nitrogen and oxygen atoms in total. The molecule has 2 aliphatic rings. The number of hydrogen-bond donors (Lipinski definition) is 0. The number of hydrogen-bond acceptors (Lipinski definition) is 0. The molecule has 2 aliphatic carbocycles. The molecule has 0 fully saturated rings. The van der Waals surface area contributed by atoms with Crippen molar-refractivity contribution in [2.75, 3.05) is 0 Å². The van der Waals surface area contributed by atoms with Crippen LogP contribution in [0.15, 0.2) is 96.1 Å². The minimum atomic E-state index is 0.106. The predicted octanol–water partition coefficient (Wildman–Crippen LogP) is 10.8. The van der Waals surface area contributed by atoms with Gasteiger partial charge in [0.1, 0.15) is 0 Å². The number of fused-ring (bicyclic) bond motifs is 2. The van der Waals surface area contributed by atoms with Crippen LogP contribution in [-0.2, 0) is 12.8 Å². The Bertz CT molecular complexity index is 1470. The number of benzene rings is 4. The summed E-state index contributed by atoms with van der Waals surface area (Å²) in [7, 11) is 0. The fraction of sp³-hybridized carbons (Fsp3) is 0.282. The first-order chi connectivity index (χ1) is 19.0. The SMILES string of the molecule is CCCC(CCC)(C1=Cc2c(cccc2-c2cccc(C)c2)C1)C1=Cc2c(cccc2-c2cccc(C)c2)C1. The van der Waals surface area contributed by atoms with Crippen molar-refractivity contribution in [1.82, 2.24) is 0 Å². The number of aryl methyl sites for hydroxylation is 2. The van der Waals surface area contributed by atoms with Gasteiger partial charge < -0.3 is 0 Å². The standard InChI is InChI=1S/C39H40/c1-5-19-39(20-6-2,33-23-31-15-9-17-35(37(31)25-33)29-13-7-11-27(3)21-29)34-24-32-16-10-18-36(38(32)26-34)30-14-8-12-28(4)22-30/h7-18,21-22,25-26H,5-6,19-20,23-24H2,1-4H3. The Morgan fingerprint density at radius 3 is 1.41 bits per heavy atom. The van der Waals surface area contributed by atoms with Crippen molar-refractivity contribution in [2.24, 2.45) is 5.41 Å². The van der Waals surface area contributed by atoms with E-state index in [1.54, 1.807) is 11.1 Å². The zero-order chi connectivity index (χ0) is 27.0. The van der Waals surface area contributed by atoms with Gasteiger partial charge in [0.05, 0.1) is 0 Å². The van der Waals surface area contributed by atoms with Gasteiger partial charge in [-0.05, 0) is 84.0 Å². The highest BCUT2D eigenvalue weighted by atomic mass is 14.4. The Kier molecular flexibility index (Phi) is 6.90. The van der Waals surface area contributed by atoms with E-state index in [9.17, 15) is 0 Å². The minimum absolute atomic E-state index is 0.106. The molecule has 0 heteroatoms. The smallest absolute Gasteiger partial charge is 0.0134 e. The van der Waals surface area contributed by atoms with Crippen molar-refractivity contribution in [3.05, 3.63) is 129 Å². The van der Waals surface area contributed by atoms with E-state index >= 15 is 0 Å². The Balaban J connectivity index is 1.46. The molecule has 0 aliphatic heterocycles. The lowest BCUT2D eigenvalue weighted by atomic mass is 9.66. The molecule has 0 saturated heterocycles. The maximum atomic E-state index is 2.59. The van der Waals surface area contributed by atoms with Crippen molar-refractivity contribution < 1.29 is 0 Å². The molecule has 6 rings (SSSR count). The topological polar surface area (TPSA) is 0 Å². The van der Waals surface area contributed by atoms with Crippen molar-refractivity contribution in [3.63, 3.8) is 0 Å². The predicted molar refractivity (Wildman–Crippen MR) is 169 cm³/mol. The maximum Gasteiger partial charge on any atom is 0.0134 e. The Morgan fingerprint density at radius 1 is 0.564 bits per heavy atom. The fourth-order valence-electron chi connectivity index (χ4n) is 7.31. The van der Waals surface area contributed by atoms with E-state index in [0.29, 0.717) is 0 Å². The van der Waals surface area contributed by atoms with Crippen molar-refractivity contribution in [3.8, 4) is 22.3 Å². The van der Waals surface area contributed by atoms with E-state index in [0.717, 1.165) is 12.8 Å². The largest absolute Gasteiger partial charge is 0.0653 e. The van der Waals surface area contributed by atoms with Crippen LogP contribution in [0.5, 0.6) is 0 Å². The van der Waals surface area contributed by atoms with E-state index in [4.69, 9.17) is 0 Å². The van der Waals surface area contributed by atoms with E-state index in [1.165, 1.54) is 81.3 Å². The lowest BCUT2D eigenvalue weighted by molar-refractivity contribution is 0.349. The minimum Gasteiger partial charge on any atom is -0.0653 e. The number of rotatable bonds is 8. The quantitative estimate of drug-likeness (QED) is 0.222. The molecule has 4 aromatic rings. The second-order valence-electron chi connectivity index (χ2n) is 11.8. The zero-order valence-corrected chi connectivity index (χ0v) is 24.0. The number of allylic oxidation sites excluding steroid dienone is 2. The van der Waals surface area contributed by atoms with E-state index < -0.39 is 0 Å². The van der Waals surface area contributed by atoms with Gasteiger partial charge in [-0.1, -0.05) is 146 Å². The normalized spacial score (nSPS) is 14.2. The van der Waals surface area contributed by atoms with E-state index in [2.05, 4.69) is 125 Å². The van der Waals surface area contributed by atoms with Gasteiger partial charge in [0.15, 0.2) is 0 Å². The molecule has 0 radical (unpaired) electrons. The monoisotopic (exact) mass is 508 g/mol. The Hall–Kier alpha value is -3.64. The first kappa shape index (κ1) is 25.6. The van der Waals surface area contributed by atoms with Crippen molar-refractivity contribution in [2.45, 2.75) is 66.2 Å². The summed E-state index contributed by atoms with van der Waals surface area (Å²) in [5, 5.41) is 0. The molecule has 0 spiro atoms. The van der Waals surface area contributed by atoms with Gasteiger partial charge in [0, 0.05) is 5.41 Å². The average molecular weight is 509 g/mol. The third kappa shape index (κ3) is 4.61. The fourth-order valence-corrected chi connectivity index (χ4v) is 7.31. The molecule has 4 aromatic carbocycles. The molecule has 0 unspecified atom stereocenters. The summed E-state index contributed by atoms with van der Waals surface area (Å²) >= 11 is 0. The van der Waals surface area contributed by atoms with Crippen LogP contribution >= 0.6 is 0 Å². The molecule has 0 heterocycles.